The number of amides is 2. The minimum Gasteiger partial charge on any atom is -0.465 e. The van der Waals surface area contributed by atoms with Crippen LogP contribution in [-0.4, -0.2) is 31.4 Å². The Labute approximate surface area is 152 Å². The molecule has 0 fully saturated rings. The number of hydrogen-bond acceptors (Lipinski definition) is 4. The molecule has 0 bridgehead atoms. The Bertz CT molecular complexity index is 859. The minimum absolute atomic E-state index is 0.173. The summed E-state index contributed by atoms with van der Waals surface area (Å²) in [5, 5.41) is 5.29. The highest BCUT2D eigenvalue weighted by atomic mass is 16.5. The summed E-state index contributed by atoms with van der Waals surface area (Å²) in [6.45, 7) is 5.53. The van der Waals surface area contributed by atoms with E-state index in [9.17, 15) is 14.4 Å². The Balaban J connectivity index is 1.99. The summed E-state index contributed by atoms with van der Waals surface area (Å²) in [6, 6.07) is 10.3. The van der Waals surface area contributed by atoms with E-state index in [2.05, 4.69) is 15.4 Å². The van der Waals surface area contributed by atoms with Crippen LogP contribution >= 0.6 is 0 Å². The Morgan fingerprint density at radius 3 is 2.19 bits per heavy atom. The molecule has 0 unspecified atom stereocenters. The number of ether oxygens (including phenoxy) is 1. The maximum atomic E-state index is 12.2. The van der Waals surface area contributed by atoms with Gasteiger partial charge in [0.05, 0.1) is 19.2 Å². The van der Waals surface area contributed by atoms with Crippen molar-refractivity contribution in [3.63, 3.8) is 0 Å². The molecule has 2 amide bonds. The van der Waals surface area contributed by atoms with Crippen LogP contribution in [0.1, 0.15) is 37.4 Å². The highest BCUT2D eigenvalue weighted by molar-refractivity contribution is 6.00. The second-order valence-electron chi connectivity index (χ2n) is 6.05. The molecule has 0 radical (unpaired) electrons. The van der Waals surface area contributed by atoms with E-state index in [-0.39, 0.29) is 18.4 Å². The second kappa shape index (κ2) is 8.29. The van der Waals surface area contributed by atoms with Crippen molar-refractivity contribution in [3.05, 3.63) is 64.2 Å². The average Bonchev–Trinajstić information content (AvgIpc) is 2.63. The van der Waals surface area contributed by atoms with E-state index in [0.717, 1.165) is 16.7 Å². The number of esters is 1. The summed E-state index contributed by atoms with van der Waals surface area (Å²) in [5.41, 5.74) is 4.25. The zero-order valence-electron chi connectivity index (χ0n) is 15.3. The number of hydrogen-bond donors (Lipinski definition) is 2. The predicted octanol–water partition coefficient (Wildman–Crippen LogP) is 2.77. The third-order valence-electron chi connectivity index (χ3n) is 4.11. The van der Waals surface area contributed by atoms with Gasteiger partial charge in [0.2, 0.25) is 5.91 Å². The summed E-state index contributed by atoms with van der Waals surface area (Å²) >= 11 is 0. The molecule has 0 saturated carbocycles. The van der Waals surface area contributed by atoms with Crippen LogP contribution in [-0.2, 0) is 9.53 Å². The molecule has 2 aromatic carbocycles. The van der Waals surface area contributed by atoms with Gasteiger partial charge in [-0.05, 0) is 61.7 Å². The van der Waals surface area contributed by atoms with Crippen LogP contribution in [0.4, 0.5) is 5.69 Å². The number of carbonyl (C=O) groups is 3. The minimum atomic E-state index is -0.483. The molecule has 0 atom stereocenters. The molecule has 136 valence electrons. The molecule has 0 saturated heterocycles. The average molecular weight is 354 g/mol. The number of carbonyl (C=O) groups excluding carboxylic acids is 3. The molecule has 6 nitrogen and oxygen atoms in total. The van der Waals surface area contributed by atoms with Gasteiger partial charge >= 0.3 is 5.97 Å². The van der Waals surface area contributed by atoms with E-state index in [1.807, 2.05) is 26.8 Å². The van der Waals surface area contributed by atoms with E-state index in [1.165, 1.54) is 7.11 Å². The molecule has 2 N–H and O–H groups in total. The molecular formula is C20H22N2O4. The van der Waals surface area contributed by atoms with Crippen molar-refractivity contribution < 1.29 is 19.1 Å². The van der Waals surface area contributed by atoms with Gasteiger partial charge in [-0.1, -0.05) is 12.1 Å². The van der Waals surface area contributed by atoms with Gasteiger partial charge in [0.25, 0.3) is 5.91 Å². The highest BCUT2D eigenvalue weighted by Gasteiger charge is 2.12. The Morgan fingerprint density at radius 2 is 1.54 bits per heavy atom. The summed E-state index contributed by atoms with van der Waals surface area (Å²) in [7, 11) is 1.29. The van der Waals surface area contributed by atoms with Crippen molar-refractivity contribution in [2.45, 2.75) is 20.8 Å². The smallest absolute Gasteiger partial charge is 0.337 e. The lowest BCUT2D eigenvalue weighted by atomic mass is 10.1. The first-order valence-corrected chi connectivity index (χ1v) is 8.16. The van der Waals surface area contributed by atoms with Gasteiger partial charge in [0.1, 0.15) is 0 Å². The van der Waals surface area contributed by atoms with Gasteiger partial charge in [-0.25, -0.2) is 4.79 Å². The van der Waals surface area contributed by atoms with Crippen LogP contribution < -0.4 is 10.6 Å². The molecule has 0 aliphatic carbocycles. The molecule has 6 heteroatoms. The van der Waals surface area contributed by atoms with Crippen LogP contribution in [0.25, 0.3) is 0 Å². The Hall–Kier alpha value is -3.15. The second-order valence-corrected chi connectivity index (χ2v) is 6.05. The molecule has 2 aromatic rings. The van der Waals surface area contributed by atoms with Crippen LogP contribution in [0.2, 0.25) is 0 Å². The standard InChI is InChI=1S/C20H22N2O4/c1-12-5-7-15(9-14(12)3)19(24)21-11-18(23)22-17-10-16(20(25)26-4)8-6-13(17)2/h5-10H,11H2,1-4H3,(H,21,24)(H,22,23). The molecule has 26 heavy (non-hydrogen) atoms. The highest BCUT2D eigenvalue weighted by Crippen LogP contribution is 2.17. The fourth-order valence-electron chi connectivity index (χ4n) is 2.34. The zero-order valence-corrected chi connectivity index (χ0v) is 15.3. The van der Waals surface area contributed by atoms with Crippen molar-refractivity contribution in [3.8, 4) is 0 Å². The topological polar surface area (TPSA) is 84.5 Å². The van der Waals surface area contributed by atoms with E-state index in [4.69, 9.17) is 0 Å². The number of rotatable bonds is 5. The van der Waals surface area contributed by atoms with Crippen LogP contribution in [0, 0.1) is 20.8 Å². The quantitative estimate of drug-likeness (QED) is 0.809. The predicted molar refractivity (Wildman–Crippen MR) is 99.4 cm³/mol. The van der Waals surface area contributed by atoms with Crippen molar-refractivity contribution in [1.29, 1.82) is 0 Å². The van der Waals surface area contributed by atoms with Gasteiger partial charge in [0.15, 0.2) is 0 Å². The first-order valence-electron chi connectivity index (χ1n) is 8.16. The first kappa shape index (κ1) is 19.2. The fraction of sp³-hybridized carbons (Fsp3) is 0.250. The number of nitrogens with one attached hydrogen (secondary N) is 2. The zero-order chi connectivity index (χ0) is 19.3. The van der Waals surface area contributed by atoms with Gasteiger partial charge in [-0.3, -0.25) is 9.59 Å². The fourth-order valence-corrected chi connectivity index (χ4v) is 2.34. The van der Waals surface area contributed by atoms with Crippen molar-refractivity contribution in [2.75, 3.05) is 19.0 Å². The lowest BCUT2D eigenvalue weighted by Gasteiger charge is -2.11. The van der Waals surface area contributed by atoms with Crippen LogP contribution in [0.5, 0.6) is 0 Å². The SMILES string of the molecule is COC(=O)c1ccc(C)c(NC(=O)CNC(=O)c2ccc(C)c(C)c2)c1. The lowest BCUT2D eigenvalue weighted by molar-refractivity contribution is -0.115. The van der Waals surface area contributed by atoms with Crippen molar-refractivity contribution in [2.24, 2.45) is 0 Å². The Morgan fingerprint density at radius 1 is 0.885 bits per heavy atom. The summed E-state index contributed by atoms with van der Waals surface area (Å²) in [6.07, 6.45) is 0. The molecule has 0 heterocycles. The Kier molecular flexibility index (Phi) is 6.11. The third kappa shape index (κ3) is 4.69. The maximum Gasteiger partial charge on any atom is 0.337 e. The van der Waals surface area contributed by atoms with Gasteiger partial charge in [-0.2, -0.15) is 0 Å². The maximum absolute atomic E-state index is 12.2. The van der Waals surface area contributed by atoms with Crippen molar-refractivity contribution >= 4 is 23.5 Å². The molecular weight excluding hydrogens is 332 g/mol. The molecule has 0 aliphatic rings. The molecule has 0 aromatic heterocycles. The molecule has 0 spiro atoms. The van der Waals surface area contributed by atoms with E-state index in [1.54, 1.807) is 30.3 Å². The van der Waals surface area contributed by atoms with E-state index >= 15 is 0 Å². The van der Waals surface area contributed by atoms with E-state index < -0.39 is 5.97 Å². The van der Waals surface area contributed by atoms with E-state index in [0.29, 0.717) is 16.8 Å². The third-order valence-corrected chi connectivity index (χ3v) is 4.11. The number of methoxy groups -OCH3 is 1. The summed E-state index contributed by atoms with van der Waals surface area (Å²) in [4.78, 5) is 35.9. The first-order chi connectivity index (χ1) is 12.3. The number of aryl methyl sites for hydroxylation is 3. The number of benzene rings is 2. The normalized spacial score (nSPS) is 10.2. The molecule has 2 rings (SSSR count). The monoisotopic (exact) mass is 354 g/mol. The van der Waals surface area contributed by atoms with Crippen molar-refractivity contribution in [1.82, 2.24) is 5.32 Å². The van der Waals surface area contributed by atoms with Crippen LogP contribution in [0.3, 0.4) is 0 Å². The van der Waals surface area contributed by atoms with Gasteiger partial charge in [0, 0.05) is 11.3 Å². The van der Waals surface area contributed by atoms with Gasteiger partial charge in [-0.15, -0.1) is 0 Å². The largest absolute Gasteiger partial charge is 0.465 e. The number of anilines is 1. The molecule has 0 aliphatic heterocycles. The van der Waals surface area contributed by atoms with Crippen LogP contribution in [0.15, 0.2) is 36.4 Å². The lowest BCUT2D eigenvalue weighted by Crippen LogP contribution is -2.33. The van der Waals surface area contributed by atoms with Gasteiger partial charge < -0.3 is 15.4 Å². The summed E-state index contributed by atoms with van der Waals surface area (Å²) in [5.74, 6) is -1.18. The summed E-state index contributed by atoms with van der Waals surface area (Å²) < 4.78 is 4.67.